The lowest BCUT2D eigenvalue weighted by molar-refractivity contribution is -0.0177. The molecule has 3 amide bonds. The molecule has 0 saturated heterocycles. The number of fused-ring (bicyclic) bond motifs is 3. The summed E-state index contributed by atoms with van der Waals surface area (Å²) in [5, 5.41) is 18.1. The van der Waals surface area contributed by atoms with Crippen molar-refractivity contribution in [3.63, 3.8) is 0 Å². The lowest BCUT2D eigenvalue weighted by atomic mass is 10.0. The number of benzene rings is 4. The van der Waals surface area contributed by atoms with E-state index in [1.54, 1.807) is 23.1 Å². The van der Waals surface area contributed by atoms with E-state index < -0.39 is 12.1 Å². The van der Waals surface area contributed by atoms with E-state index in [-0.39, 0.29) is 37.4 Å². The molecule has 0 spiro atoms. The Morgan fingerprint density at radius 1 is 0.962 bits per heavy atom. The van der Waals surface area contributed by atoms with Crippen molar-refractivity contribution >= 4 is 34.1 Å². The predicted octanol–water partition coefficient (Wildman–Crippen LogP) is 7.14. The number of anilines is 2. The molecule has 0 aliphatic carbocycles. The number of rotatable bonds is 8. The number of likely N-dealkylation sites (N-methyl/N-ethyl adjacent to an activating group) is 1. The summed E-state index contributed by atoms with van der Waals surface area (Å²) in [6.07, 6.45) is 2.22. The molecule has 4 atom stereocenters. The topological polar surface area (TPSA) is 122 Å². The first kappa shape index (κ1) is 36.9. The quantitative estimate of drug-likeness (QED) is 0.177. The standard InChI is InChI=1S/C41H50N4O7/c1-27-22-45(28(2)25-46)40(47)34-21-32(42-41(48)43-35-14-9-12-31-11-5-6-13-33(31)35)16-18-36(34)52-29(3)10-7-8-19-49-39(27)24-44(4)23-30-15-17-37-38(20-30)51-26-50-37/h5-6,9,11-18,20-21,27-29,39,46H,7-8,10,19,22-26H2,1-4H3,(H2,42,43,48)/t27-,28-,29-,39-/m0/s1. The van der Waals surface area contributed by atoms with Crippen molar-refractivity contribution in [2.45, 2.75) is 64.8 Å². The third-order valence-corrected chi connectivity index (χ3v) is 9.73. The average Bonchev–Trinajstić information content (AvgIpc) is 3.61. The number of carbonyl (C=O) groups excluding carboxylic acids is 2. The van der Waals surface area contributed by atoms with Gasteiger partial charge in [-0.3, -0.25) is 9.69 Å². The number of nitrogens with zero attached hydrogens (tertiary/aromatic N) is 2. The smallest absolute Gasteiger partial charge is 0.323 e. The van der Waals surface area contributed by atoms with Crippen LogP contribution < -0.4 is 24.8 Å². The molecule has 0 saturated carbocycles. The average molecular weight is 711 g/mol. The molecule has 0 bridgehead atoms. The summed E-state index contributed by atoms with van der Waals surface area (Å²) in [5.41, 5.74) is 2.54. The largest absolute Gasteiger partial charge is 0.490 e. The molecule has 11 nitrogen and oxygen atoms in total. The van der Waals surface area contributed by atoms with E-state index in [1.165, 1.54) is 0 Å². The number of nitrogens with one attached hydrogen (secondary N) is 2. The monoisotopic (exact) mass is 710 g/mol. The van der Waals surface area contributed by atoms with E-state index >= 15 is 0 Å². The Kier molecular flexibility index (Phi) is 12.2. The van der Waals surface area contributed by atoms with Gasteiger partial charge in [0.15, 0.2) is 11.5 Å². The van der Waals surface area contributed by atoms with Crippen LogP contribution in [0.25, 0.3) is 10.8 Å². The fraction of sp³-hybridized carbons (Fsp3) is 0.415. The highest BCUT2D eigenvalue weighted by Crippen LogP contribution is 2.33. The Labute approximate surface area is 305 Å². The van der Waals surface area contributed by atoms with Gasteiger partial charge in [-0.1, -0.05) is 49.4 Å². The molecular formula is C41H50N4O7. The molecule has 0 fully saturated rings. The molecule has 4 aromatic rings. The van der Waals surface area contributed by atoms with Crippen LogP contribution in [0.3, 0.4) is 0 Å². The van der Waals surface area contributed by atoms with Crippen molar-refractivity contribution in [2.75, 3.05) is 50.8 Å². The second-order valence-electron chi connectivity index (χ2n) is 14.0. The van der Waals surface area contributed by atoms with E-state index in [0.717, 1.165) is 47.1 Å². The number of carbonyl (C=O) groups is 2. The van der Waals surface area contributed by atoms with Gasteiger partial charge in [-0.25, -0.2) is 4.79 Å². The molecule has 276 valence electrons. The summed E-state index contributed by atoms with van der Waals surface area (Å²) < 4.78 is 24.0. The molecule has 2 aliphatic heterocycles. The van der Waals surface area contributed by atoms with Gasteiger partial charge in [0.1, 0.15) is 5.75 Å². The van der Waals surface area contributed by atoms with E-state index in [1.807, 2.05) is 74.5 Å². The van der Waals surface area contributed by atoms with Crippen LogP contribution in [0.5, 0.6) is 17.2 Å². The molecule has 6 rings (SSSR count). The minimum Gasteiger partial charge on any atom is -0.490 e. The summed E-state index contributed by atoms with van der Waals surface area (Å²) in [4.78, 5) is 31.7. The maximum Gasteiger partial charge on any atom is 0.323 e. The van der Waals surface area contributed by atoms with E-state index in [9.17, 15) is 14.7 Å². The zero-order valence-corrected chi connectivity index (χ0v) is 30.5. The Balaban J connectivity index is 1.22. The van der Waals surface area contributed by atoms with Gasteiger partial charge in [0.05, 0.1) is 36.1 Å². The second-order valence-corrected chi connectivity index (χ2v) is 14.0. The first-order valence-electron chi connectivity index (χ1n) is 18.2. The van der Waals surface area contributed by atoms with Crippen LogP contribution in [-0.4, -0.2) is 85.2 Å². The van der Waals surface area contributed by atoms with Crippen molar-refractivity contribution in [1.82, 2.24) is 9.80 Å². The van der Waals surface area contributed by atoms with Crippen molar-refractivity contribution in [3.05, 3.63) is 90.0 Å². The minimum absolute atomic E-state index is 0.0730. The Morgan fingerprint density at radius 2 is 1.75 bits per heavy atom. The fourth-order valence-electron chi connectivity index (χ4n) is 6.80. The van der Waals surface area contributed by atoms with Gasteiger partial charge >= 0.3 is 6.03 Å². The molecule has 2 aliphatic rings. The van der Waals surface area contributed by atoms with Gasteiger partial charge in [-0.05, 0) is 87.5 Å². The van der Waals surface area contributed by atoms with Gasteiger partial charge in [0, 0.05) is 43.2 Å². The van der Waals surface area contributed by atoms with Crippen molar-refractivity contribution in [3.8, 4) is 17.2 Å². The van der Waals surface area contributed by atoms with Crippen LogP contribution in [0, 0.1) is 5.92 Å². The molecule has 0 unspecified atom stereocenters. The molecule has 0 radical (unpaired) electrons. The van der Waals surface area contributed by atoms with Crippen LogP contribution in [0.15, 0.2) is 78.9 Å². The Hall–Kier alpha value is -4.84. The zero-order valence-electron chi connectivity index (χ0n) is 30.5. The molecule has 4 aromatic carbocycles. The summed E-state index contributed by atoms with van der Waals surface area (Å²) in [6.45, 7) is 8.19. The summed E-state index contributed by atoms with van der Waals surface area (Å²) in [5.74, 6) is 1.58. The lowest BCUT2D eigenvalue weighted by Crippen LogP contribution is -2.47. The second kappa shape index (κ2) is 17.1. The molecule has 3 N–H and O–H groups in total. The van der Waals surface area contributed by atoms with Crippen molar-refractivity contribution in [1.29, 1.82) is 0 Å². The molecule has 0 aromatic heterocycles. The third-order valence-electron chi connectivity index (χ3n) is 9.73. The third kappa shape index (κ3) is 9.14. The number of amides is 3. The van der Waals surface area contributed by atoms with Crippen LogP contribution in [0.2, 0.25) is 0 Å². The van der Waals surface area contributed by atoms with Gasteiger partial charge in [-0.15, -0.1) is 0 Å². The van der Waals surface area contributed by atoms with Crippen LogP contribution in [-0.2, 0) is 11.3 Å². The number of hydrogen-bond acceptors (Lipinski definition) is 8. The minimum atomic E-state index is -0.480. The van der Waals surface area contributed by atoms with E-state index in [0.29, 0.717) is 48.9 Å². The van der Waals surface area contributed by atoms with Gasteiger partial charge in [-0.2, -0.15) is 0 Å². The normalized spacial score (nSPS) is 20.2. The predicted molar refractivity (Wildman–Crippen MR) is 202 cm³/mol. The Morgan fingerprint density at radius 3 is 2.60 bits per heavy atom. The first-order chi connectivity index (χ1) is 25.2. The SMILES string of the molecule is C[C@H]1CCCCO[C@@H](CN(C)Cc2ccc3c(c2)OCO3)[C@@H](C)CN([C@@H](C)CO)C(=O)c2cc(NC(=O)Nc3cccc4ccccc34)ccc2O1. The van der Waals surface area contributed by atoms with Crippen LogP contribution in [0.1, 0.15) is 56.0 Å². The van der Waals surface area contributed by atoms with Crippen molar-refractivity contribution < 1.29 is 33.6 Å². The van der Waals surface area contributed by atoms with Crippen LogP contribution >= 0.6 is 0 Å². The van der Waals surface area contributed by atoms with Crippen molar-refractivity contribution in [2.24, 2.45) is 5.92 Å². The molecule has 11 heteroatoms. The number of urea groups is 1. The summed E-state index contributed by atoms with van der Waals surface area (Å²) in [6, 6.07) is 23.8. The van der Waals surface area contributed by atoms with Gasteiger partial charge in [0.25, 0.3) is 5.91 Å². The lowest BCUT2D eigenvalue weighted by Gasteiger charge is -2.36. The first-order valence-corrected chi connectivity index (χ1v) is 18.2. The molecule has 2 heterocycles. The highest BCUT2D eigenvalue weighted by molar-refractivity contribution is 6.07. The molecular weight excluding hydrogens is 660 g/mol. The summed E-state index contributed by atoms with van der Waals surface area (Å²) >= 11 is 0. The van der Waals surface area contributed by atoms with E-state index in [2.05, 4.69) is 29.5 Å². The maximum atomic E-state index is 14.5. The van der Waals surface area contributed by atoms with E-state index in [4.69, 9.17) is 18.9 Å². The van der Waals surface area contributed by atoms with Gasteiger partial charge < -0.3 is 39.6 Å². The highest BCUT2D eigenvalue weighted by atomic mass is 16.7. The number of hydrogen-bond donors (Lipinski definition) is 3. The summed E-state index contributed by atoms with van der Waals surface area (Å²) in [7, 11) is 2.06. The highest BCUT2D eigenvalue weighted by Gasteiger charge is 2.30. The maximum absolute atomic E-state index is 14.5. The van der Waals surface area contributed by atoms with Crippen LogP contribution in [0.4, 0.5) is 16.2 Å². The Bertz CT molecular complexity index is 1850. The number of ether oxygens (including phenoxy) is 4. The fourth-order valence-corrected chi connectivity index (χ4v) is 6.80. The number of aliphatic hydroxyl groups is 1. The number of aliphatic hydroxyl groups excluding tert-OH is 1. The molecule has 52 heavy (non-hydrogen) atoms. The zero-order chi connectivity index (χ0) is 36.6. The van der Waals surface area contributed by atoms with Gasteiger partial charge in [0.2, 0.25) is 6.79 Å².